The summed E-state index contributed by atoms with van der Waals surface area (Å²) in [6.45, 7) is 1.80. The lowest BCUT2D eigenvalue weighted by molar-refractivity contribution is 0.0940. The molecule has 0 aliphatic carbocycles. The summed E-state index contributed by atoms with van der Waals surface area (Å²) in [4.78, 5) is 12.2. The molecule has 0 heterocycles. The molecule has 2 rings (SSSR count). The summed E-state index contributed by atoms with van der Waals surface area (Å²) >= 11 is 11.8. The maximum atomic E-state index is 12.9. The lowest BCUT2D eigenvalue weighted by Crippen LogP contribution is -2.26. The fourth-order valence-electron chi connectivity index (χ4n) is 1.83. The van der Waals surface area contributed by atoms with Crippen LogP contribution in [-0.2, 0) is 0 Å². The maximum absolute atomic E-state index is 12.9. The lowest BCUT2D eigenvalue weighted by atomic mass is 10.1. The number of benzene rings is 2. The molecule has 1 atom stereocenters. The molecule has 0 radical (unpaired) electrons. The van der Waals surface area contributed by atoms with E-state index in [0.717, 1.165) is 5.56 Å². The lowest BCUT2D eigenvalue weighted by Gasteiger charge is -2.15. The Kier molecular flexibility index (Phi) is 4.70. The van der Waals surface area contributed by atoms with Gasteiger partial charge in [-0.25, -0.2) is 4.39 Å². The molecular formula is C15H13Cl2FN2O. The van der Waals surface area contributed by atoms with Crippen LogP contribution < -0.4 is 11.1 Å². The van der Waals surface area contributed by atoms with E-state index in [1.165, 1.54) is 24.3 Å². The third-order valence-electron chi connectivity index (χ3n) is 3.06. The van der Waals surface area contributed by atoms with Crippen molar-refractivity contribution in [2.75, 3.05) is 5.73 Å². The molecule has 0 fully saturated rings. The first kappa shape index (κ1) is 15.6. The zero-order chi connectivity index (χ0) is 15.6. The van der Waals surface area contributed by atoms with Gasteiger partial charge in [0.1, 0.15) is 5.82 Å². The molecule has 3 N–H and O–H groups in total. The number of hydrogen-bond donors (Lipinski definition) is 2. The van der Waals surface area contributed by atoms with Crippen molar-refractivity contribution in [1.29, 1.82) is 0 Å². The van der Waals surface area contributed by atoms with E-state index in [2.05, 4.69) is 5.32 Å². The fourth-order valence-corrected chi connectivity index (χ4v) is 2.32. The van der Waals surface area contributed by atoms with Crippen LogP contribution in [0.15, 0.2) is 36.4 Å². The van der Waals surface area contributed by atoms with Gasteiger partial charge in [-0.3, -0.25) is 4.79 Å². The predicted molar refractivity (Wildman–Crippen MR) is 83.2 cm³/mol. The number of amides is 1. The summed E-state index contributed by atoms with van der Waals surface area (Å²) < 4.78 is 12.9. The van der Waals surface area contributed by atoms with Gasteiger partial charge in [-0.2, -0.15) is 0 Å². The molecule has 110 valence electrons. The van der Waals surface area contributed by atoms with Crippen LogP contribution in [0.2, 0.25) is 10.0 Å². The van der Waals surface area contributed by atoms with Gasteiger partial charge in [0.15, 0.2) is 0 Å². The molecule has 6 heteroatoms. The van der Waals surface area contributed by atoms with Gasteiger partial charge in [0.25, 0.3) is 5.91 Å². The Bertz CT molecular complexity index is 651. The number of rotatable bonds is 3. The Balaban J connectivity index is 2.16. The topological polar surface area (TPSA) is 55.1 Å². The van der Waals surface area contributed by atoms with Gasteiger partial charge in [0.2, 0.25) is 0 Å². The average Bonchev–Trinajstić information content (AvgIpc) is 2.44. The number of carbonyl (C=O) groups is 1. The SMILES string of the molecule is CC(NC(=O)c1cc(Cl)c(N)c(Cl)c1)c1ccc(F)cc1. The molecule has 0 spiro atoms. The molecule has 21 heavy (non-hydrogen) atoms. The standard InChI is InChI=1S/C15H13Cl2FN2O/c1-8(9-2-4-11(18)5-3-9)20-15(21)10-6-12(16)14(19)13(17)7-10/h2-8H,19H2,1H3,(H,20,21). The van der Waals surface area contributed by atoms with Crippen molar-refractivity contribution in [2.45, 2.75) is 13.0 Å². The van der Waals surface area contributed by atoms with E-state index in [4.69, 9.17) is 28.9 Å². The zero-order valence-corrected chi connectivity index (χ0v) is 12.7. The largest absolute Gasteiger partial charge is 0.396 e. The van der Waals surface area contributed by atoms with Gasteiger partial charge >= 0.3 is 0 Å². The van der Waals surface area contributed by atoms with Gasteiger partial charge in [-0.15, -0.1) is 0 Å². The van der Waals surface area contributed by atoms with E-state index < -0.39 is 0 Å². The minimum absolute atomic E-state index is 0.224. The summed E-state index contributed by atoms with van der Waals surface area (Å²) in [5, 5.41) is 3.23. The van der Waals surface area contributed by atoms with Crippen LogP contribution in [0.1, 0.15) is 28.9 Å². The van der Waals surface area contributed by atoms with Gasteiger partial charge in [-0.1, -0.05) is 35.3 Å². The van der Waals surface area contributed by atoms with Crippen molar-refractivity contribution < 1.29 is 9.18 Å². The number of nitrogens with one attached hydrogen (secondary N) is 1. The fraction of sp³-hybridized carbons (Fsp3) is 0.133. The van der Waals surface area contributed by atoms with Crippen molar-refractivity contribution >= 4 is 34.8 Å². The molecule has 0 aliphatic heterocycles. The molecule has 0 aromatic heterocycles. The second-order valence-electron chi connectivity index (χ2n) is 4.60. The van der Waals surface area contributed by atoms with Crippen LogP contribution in [0.3, 0.4) is 0 Å². The van der Waals surface area contributed by atoms with E-state index in [9.17, 15) is 9.18 Å². The van der Waals surface area contributed by atoms with Crippen LogP contribution in [0, 0.1) is 5.82 Å². The first-order valence-corrected chi connectivity index (χ1v) is 6.95. The maximum Gasteiger partial charge on any atom is 0.251 e. The van der Waals surface area contributed by atoms with E-state index >= 15 is 0 Å². The van der Waals surface area contributed by atoms with Crippen LogP contribution in [0.4, 0.5) is 10.1 Å². The van der Waals surface area contributed by atoms with Crippen molar-refractivity contribution in [2.24, 2.45) is 0 Å². The Labute approximate surface area is 131 Å². The Morgan fingerprint density at radius 3 is 2.24 bits per heavy atom. The normalized spacial score (nSPS) is 12.0. The quantitative estimate of drug-likeness (QED) is 0.830. The van der Waals surface area contributed by atoms with Gasteiger partial charge in [0.05, 0.1) is 21.8 Å². The first-order chi connectivity index (χ1) is 9.88. The molecule has 2 aromatic rings. The predicted octanol–water partition coefficient (Wildman–Crippen LogP) is 4.21. The van der Waals surface area contributed by atoms with Crippen LogP contribution in [0.5, 0.6) is 0 Å². The molecule has 0 saturated heterocycles. The minimum atomic E-state index is -0.337. The number of nitrogens with two attached hydrogens (primary N) is 1. The van der Waals surface area contributed by atoms with Crippen LogP contribution >= 0.6 is 23.2 Å². The van der Waals surface area contributed by atoms with Crippen LogP contribution in [0.25, 0.3) is 0 Å². The molecule has 1 unspecified atom stereocenters. The average molecular weight is 327 g/mol. The third-order valence-corrected chi connectivity index (χ3v) is 3.68. The molecule has 0 aliphatic rings. The summed E-state index contributed by atoms with van der Waals surface area (Å²) in [6.07, 6.45) is 0. The number of carbonyl (C=O) groups excluding carboxylic acids is 1. The smallest absolute Gasteiger partial charge is 0.251 e. The molecule has 0 saturated carbocycles. The number of anilines is 1. The highest BCUT2D eigenvalue weighted by Crippen LogP contribution is 2.29. The van der Waals surface area contributed by atoms with Crippen LogP contribution in [-0.4, -0.2) is 5.91 Å². The molecule has 0 bridgehead atoms. The number of hydrogen-bond acceptors (Lipinski definition) is 2. The highest BCUT2D eigenvalue weighted by molar-refractivity contribution is 6.39. The van der Waals surface area contributed by atoms with Crippen molar-refractivity contribution in [3.05, 3.63) is 63.4 Å². The Morgan fingerprint density at radius 1 is 1.19 bits per heavy atom. The number of halogens is 3. The zero-order valence-electron chi connectivity index (χ0n) is 11.2. The Hall–Kier alpha value is -1.78. The molecular weight excluding hydrogens is 314 g/mol. The van der Waals surface area contributed by atoms with Gasteiger partial charge in [-0.05, 0) is 36.8 Å². The van der Waals surface area contributed by atoms with E-state index in [1.54, 1.807) is 19.1 Å². The van der Waals surface area contributed by atoms with Gasteiger partial charge in [0, 0.05) is 5.56 Å². The van der Waals surface area contributed by atoms with E-state index in [1.807, 2.05) is 0 Å². The molecule has 2 aromatic carbocycles. The third kappa shape index (κ3) is 3.65. The Morgan fingerprint density at radius 2 is 1.71 bits per heavy atom. The highest BCUT2D eigenvalue weighted by atomic mass is 35.5. The van der Waals surface area contributed by atoms with E-state index in [0.29, 0.717) is 5.56 Å². The van der Waals surface area contributed by atoms with Crippen molar-refractivity contribution in [3.63, 3.8) is 0 Å². The summed E-state index contributed by atoms with van der Waals surface area (Å²) in [5.41, 5.74) is 6.97. The summed E-state index contributed by atoms with van der Waals surface area (Å²) in [7, 11) is 0. The molecule has 3 nitrogen and oxygen atoms in total. The molecule has 1 amide bonds. The first-order valence-electron chi connectivity index (χ1n) is 6.19. The second kappa shape index (κ2) is 6.33. The minimum Gasteiger partial charge on any atom is -0.396 e. The highest BCUT2D eigenvalue weighted by Gasteiger charge is 2.14. The second-order valence-corrected chi connectivity index (χ2v) is 5.41. The monoisotopic (exact) mass is 326 g/mol. The number of nitrogen functional groups attached to an aromatic ring is 1. The van der Waals surface area contributed by atoms with E-state index in [-0.39, 0.29) is 33.5 Å². The van der Waals surface area contributed by atoms with Crippen molar-refractivity contribution in [3.8, 4) is 0 Å². The van der Waals surface area contributed by atoms with Gasteiger partial charge < -0.3 is 11.1 Å². The summed E-state index contributed by atoms with van der Waals surface area (Å²) in [5.74, 6) is -0.662. The summed E-state index contributed by atoms with van der Waals surface area (Å²) in [6, 6.07) is 8.54. The van der Waals surface area contributed by atoms with Crippen molar-refractivity contribution in [1.82, 2.24) is 5.32 Å².